The smallest absolute Gasteiger partial charge is 0.435 e. The van der Waals surface area contributed by atoms with Crippen molar-refractivity contribution < 1.29 is 32.6 Å². The van der Waals surface area contributed by atoms with E-state index in [0.717, 1.165) is 16.9 Å². The fourth-order valence-electron chi connectivity index (χ4n) is 1.73. The average Bonchev–Trinajstić information content (AvgIpc) is 2.84. The Hall–Kier alpha value is -2.10. The third-order valence-corrected chi connectivity index (χ3v) is 2.81. The summed E-state index contributed by atoms with van der Waals surface area (Å²) in [7, 11) is 0. The number of amides is 1. The van der Waals surface area contributed by atoms with Gasteiger partial charge in [-0.3, -0.25) is 9.48 Å². The quantitative estimate of drug-likeness (QED) is 0.780. The summed E-state index contributed by atoms with van der Waals surface area (Å²) in [6.45, 7) is 5.01. The number of alkyl halides is 3. The monoisotopic (exact) mass is 351 g/mol. The summed E-state index contributed by atoms with van der Waals surface area (Å²) in [5.41, 5.74) is -1.57. The molecule has 0 spiro atoms. The molecule has 1 heterocycles. The highest BCUT2D eigenvalue weighted by molar-refractivity contribution is 5.83. The second-order valence-electron chi connectivity index (χ2n) is 6.10. The normalized spacial score (nSPS) is 13.6. The molecule has 0 aliphatic carbocycles. The van der Waals surface area contributed by atoms with Gasteiger partial charge in [-0.1, -0.05) is 0 Å². The van der Waals surface area contributed by atoms with E-state index in [1.807, 2.05) is 0 Å². The summed E-state index contributed by atoms with van der Waals surface area (Å²) in [4.78, 5) is 22.9. The highest BCUT2D eigenvalue weighted by Crippen LogP contribution is 2.27. The van der Waals surface area contributed by atoms with E-state index >= 15 is 0 Å². The van der Waals surface area contributed by atoms with Crippen molar-refractivity contribution in [2.45, 2.75) is 51.6 Å². The zero-order valence-electron chi connectivity index (χ0n) is 13.6. The topological polar surface area (TPSA) is 93.5 Å². The zero-order valence-corrected chi connectivity index (χ0v) is 13.6. The van der Waals surface area contributed by atoms with Crippen LogP contribution in [-0.2, 0) is 27.0 Å². The molecule has 24 heavy (non-hydrogen) atoms. The first-order chi connectivity index (χ1) is 10.9. The Balaban J connectivity index is 2.56. The summed E-state index contributed by atoms with van der Waals surface area (Å²) in [5, 5.41) is 14.6. The van der Waals surface area contributed by atoms with Gasteiger partial charge in [0.15, 0.2) is 5.69 Å². The van der Waals surface area contributed by atoms with E-state index in [0.29, 0.717) is 0 Å². The van der Waals surface area contributed by atoms with Crippen LogP contribution >= 0.6 is 0 Å². The molecule has 10 heteroatoms. The van der Waals surface area contributed by atoms with E-state index in [9.17, 15) is 22.8 Å². The van der Waals surface area contributed by atoms with Gasteiger partial charge < -0.3 is 15.2 Å². The summed E-state index contributed by atoms with van der Waals surface area (Å²) >= 11 is 0. The van der Waals surface area contributed by atoms with Gasteiger partial charge in [-0.25, -0.2) is 4.79 Å². The van der Waals surface area contributed by atoms with Gasteiger partial charge in [-0.15, -0.1) is 0 Å². The number of carboxylic acids is 1. The van der Waals surface area contributed by atoms with Gasteiger partial charge >= 0.3 is 12.1 Å². The van der Waals surface area contributed by atoms with Crippen LogP contribution in [0.25, 0.3) is 0 Å². The third-order valence-electron chi connectivity index (χ3n) is 2.81. The molecule has 0 aliphatic rings. The van der Waals surface area contributed by atoms with Crippen LogP contribution in [0, 0.1) is 0 Å². The maximum Gasteiger partial charge on any atom is 0.435 e. The molecule has 0 aliphatic heterocycles. The molecule has 0 aromatic carbocycles. The van der Waals surface area contributed by atoms with Gasteiger partial charge in [-0.2, -0.15) is 18.3 Å². The summed E-state index contributed by atoms with van der Waals surface area (Å²) < 4.78 is 43.5. The number of aromatic nitrogens is 2. The second kappa shape index (κ2) is 7.65. The lowest BCUT2D eigenvalue weighted by Gasteiger charge is -2.21. The molecule has 1 amide bonds. The molecule has 1 atom stereocenters. The Labute approximate surface area is 136 Å². The van der Waals surface area contributed by atoms with Crippen molar-refractivity contribution in [1.29, 1.82) is 0 Å². The Morgan fingerprint density at radius 2 is 2.00 bits per heavy atom. The van der Waals surface area contributed by atoms with Crippen LogP contribution in [-0.4, -0.2) is 45.0 Å². The van der Waals surface area contributed by atoms with Crippen LogP contribution < -0.4 is 5.32 Å². The highest BCUT2D eigenvalue weighted by atomic mass is 19.4. The fraction of sp³-hybridized carbons (Fsp3) is 0.643. The first-order valence-corrected chi connectivity index (χ1v) is 7.15. The number of nitrogens with one attached hydrogen (secondary N) is 1. The molecule has 1 unspecified atom stereocenters. The minimum atomic E-state index is -4.60. The Morgan fingerprint density at radius 1 is 1.38 bits per heavy atom. The fourth-order valence-corrected chi connectivity index (χ4v) is 1.73. The van der Waals surface area contributed by atoms with E-state index in [-0.39, 0.29) is 13.0 Å². The van der Waals surface area contributed by atoms with Gasteiger partial charge in [0.2, 0.25) is 5.91 Å². The van der Waals surface area contributed by atoms with Gasteiger partial charge in [0, 0.05) is 19.2 Å². The van der Waals surface area contributed by atoms with Crippen LogP contribution in [0.4, 0.5) is 13.2 Å². The van der Waals surface area contributed by atoms with Crippen LogP contribution in [0.15, 0.2) is 12.3 Å². The third kappa shape index (κ3) is 6.99. The number of aliphatic carboxylic acids is 1. The lowest BCUT2D eigenvalue weighted by molar-refractivity contribution is -0.143. The molecule has 0 saturated carbocycles. The van der Waals surface area contributed by atoms with Crippen molar-refractivity contribution in [3.8, 4) is 0 Å². The highest BCUT2D eigenvalue weighted by Gasteiger charge is 2.33. The number of carbonyl (C=O) groups is 2. The molecular weight excluding hydrogens is 331 g/mol. The summed E-state index contributed by atoms with van der Waals surface area (Å²) in [6.07, 6.45) is -3.57. The van der Waals surface area contributed by atoms with E-state index in [1.54, 1.807) is 20.8 Å². The molecule has 0 radical (unpaired) electrons. The van der Waals surface area contributed by atoms with Gasteiger partial charge in [0.1, 0.15) is 12.6 Å². The molecule has 1 aromatic rings. The van der Waals surface area contributed by atoms with E-state index < -0.39 is 41.9 Å². The number of nitrogens with zero attached hydrogens (tertiary/aromatic N) is 2. The molecule has 1 aromatic heterocycles. The van der Waals surface area contributed by atoms with Crippen molar-refractivity contribution in [3.63, 3.8) is 0 Å². The van der Waals surface area contributed by atoms with Crippen molar-refractivity contribution in [2.75, 3.05) is 6.61 Å². The maximum absolute atomic E-state index is 12.4. The number of hydrogen-bond donors (Lipinski definition) is 2. The standard InChI is InChI=1S/C14H20F3N3O4/c1-13(2,3)24-7-5-9(12(22)23)18-11(21)8-20-6-4-10(19-20)14(15,16)17/h4,6,9H,5,7-8H2,1-3H3,(H,18,21)(H,22,23). The maximum atomic E-state index is 12.4. The molecular formula is C14H20F3N3O4. The molecule has 136 valence electrons. The summed E-state index contributed by atoms with van der Waals surface area (Å²) in [5.74, 6) is -2.01. The minimum Gasteiger partial charge on any atom is -0.480 e. The zero-order chi connectivity index (χ0) is 18.5. The molecule has 0 bridgehead atoms. The van der Waals surface area contributed by atoms with E-state index in [2.05, 4.69) is 10.4 Å². The lowest BCUT2D eigenvalue weighted by atomic mass is 10.2. The Morgan fingerprint density at radius 3 is 2.46 bits per heavy atom. The first-order valence-electron chi connectivity index (χ1n) is 7.15. The number of carbonyl (C=O) groups excluding carboxylic acids is 1. The SMILES string of the molecule is CC(C)(C)OCCC(NC(=O)Cn1ccc(C(F)(F)F)n1)C(=O)O. The first kappa shape index (κ1) is 19.9. The van der Waals surface area contributed by atoms with Gasteiger partial charge in [-0.05, 0) is 26.8 Å². The number of carboxylic acid groups (broad SMARTS) is 1. The minimum absolute atomic E-state index is 0.0330. The van der Waals surface area contributed by atoms with Crippen molar-refractivity contribution in [1.82, 2.24) is 15.1 Å². The Bertz CT molecular complexity index is 579. The number of rotatable bonds is 7. The van der Waals surface area contributed by atoms with Crippen molar-refractivity contribution >= 4 is 11.9 Å². The molecule has 7 nitrogen and oxygen atoms in total. The number of halogens is 3. The van der Waals surface area contributed by atoms with Crippen molar-refractivity contribution in [3.05, 3.63) is 18.0 Å². The number of ether oxygens (including phenoxy) is 1. The predicted octanol–water partition coefficient (Wildman–Crippen LogP) is 1.68. The number of hydrogen-bond acceptors (Lipinski definition) is 4. The van der Waals surface area contributed by atoms with Gasteiger partial charge in [0.05, 0.1) is 5.60 Å². The second-order valence-corrected chi connectivity index (χ2v) is 6.10. The largest absolute Gasteiger partial charge is 0.480 e. The van der Waals surface area contributed by atoms with Crippen molar-refractivity contribution in [2.24, 2.45) is 0 Å². The van der Waals surface area contributed by atoms with Crippen LogP contribution in [0.3, 0.4) is 0 Å². The average molecular weight is 351 g/mol. The van der Waals surface area contributed by atoms with E-state index in [4.69, 9.17) is 9.84 Å². The Kier molecular flexibility index (Phi) is 6.35. The molecule has 0 saturated heterocycles. The van der Waals surface area contributed by atoms with Gasteiger partial charge in [0.25, 0.3) is 0 Å². The van der Waals surface area contributed by atoms with Crippen LogP contribution in [0.2, 0.25) is 0 Å². The van der Waals surface area contributed by atoms with Crippen LogP contribution in [0.1, 0.15) is 32.9 Å². The van der Waals surface area contributed by atoms with E-state index in [1.165, 1.54) is 0 Å². The lowest BCUT2D eigenvalue weighted by Crippen LogP contribution is -2.43. The summed E-state index contributed by atoms with van der Waals surface area (Å²) in [6, 6.07) is -0.462. The molecule has 0 fully saturated rings. The molecule has 1 rings (SSSR count). The van der Waals surface area contributed by atoms with Crippen LogP contribution in [0.5, 0.6) is 0 Å². The molecule has 2 N–H and O–H groups in total. The predicted molar refractivity (Wildman–Crippen MR) is 77.1 cm³/mol.